The highest BCUT2D eigenvalue weighted by atomic mass is 35.5. The normalized spacial score (nSPS) is 10.4. The maximum Gasteiger partial charge on any atom is 0.276 e. The molecule has 3 aromatic rings. The summed E-state index contributed by atoms with van der Waals surface area (Å²) in [5, 5.41) is 10.6. The van der Waals surface area contributed by atoms with Crippen LogP contribution < -0.4 is 10.2 Å². The second-order valence-electron chi connectivity index (χ2n) is 5.70. The van der Waals surface area contributed by atoms with Crippen LogP contribution in [0.25, 0.3) is 0 Å². The van der Waals surface area contributed by atoms with Gasteiger partial charge in [-0.05, 0) is 35.9 Å². The SMILES string of the molecule is CN(Cc1ccccc1)c1ccc(C(=O)Nc2ccc(F)c(Cl)c2)nn1. The molecule has 0 bridgehead atoms. The second-order valence-corrected chi connectivity index (χ2v) is 6.11. The van der Waals surface area contributed by atoms with E-state index >= 15 is 0 Å². The lowest BCUT2D eigenvalue weighted by molar-refractivity contribution is 0.102. The molecule has 1 heterocycles. The topological polar surface area (TPSA) is 58.1 Å². The molecule has 0 fully saturated rings. The third-order valence-electron chi connectivity index (χ3n) is 3.71. The van der Waals surface area contributed by atoms with Gasteiger partial charge in [0.25, 0.3) is 5.91 Å². The van der Waals surface area contributed by atoms with E-state index in [1.807, 2.05) is 42.3 Å². The standard InChI is InChI=1S/C19H16ClFN4O/c1-25(12-13-5-3-2-4-6-13)18-10-9-17(23-24-18)19(26)22-14-7-8-16(21)15(20)11-14/h2-11H,12H2,1H3,(H,22,26). The fourth-order valence-corrected chi connectivity index (χ4v) is 2.54. The third kappa shape index (κ3) is 4.34. The number of nitrogens with zero attached hydrogens (tertiary/aromatic N) is 3. The first-order chi connectivity index (χ1) is 12.5. The van der Waals surface area contributed by atoms with E-state index in [0.717, 1.165) is 5.56 Å². The molecule has 0 radical (unpaired) electrons. The molecular formula is C19H16ClFN4O. The van der Waals surface area contributed by atoms with E-state index < -0.39 is 11.7 Å². The van der Waals surface area contributed by atoms with E-state index in [9.17, 15) is 9.18 Å². The number of benzene rings is 2. The van der Waals surface area contributed by atoms with Crippen molar-refractivity contribution >= 4 is 29.0 Å². The van der Waals surface area contributed by atoms with Crippen molar-refractivity contribution in [2.75, 3.05) is 17.3 Å². The van der Waals surface area contributed by atoms with E-state index in [4.69, 9.17) is 11.6 Å². The van der Waals surface area contributed by atoms with Crippen molar-refractivity contribution in [3.05, 3.63) is 82.8 Å². The first-order valence-electron chi connectivity index (χ1n) is 7.88. The maximum atomic E-state index is 13.2. The summed E-state index contributed by atoms with van der Waals surface area (Å²) in [6.45, 7) is 0.676. The lowest BCUT2D eigenvalue weighted by Crippen LogP contribution is -2.20. The number of nitrogens with one attached hydrogen (secondary N) is 1. The van der Waals surface area contributed by atoms with Gasteiger partial charge in [0, 0.05) is 19.3 Å². The summed E-state index contributed by atoms with van der Waals surface area (Å²) in [6, 6.07) is 17.2. The van der Waals surface area contributed by atoms with Crippen molar-refractivity contribution in [3.8, 4) is 0 Å². The Labute approximate surface area is 155 Å². The Hall–Kier alpha value is -2.99. The molecule has 0 aliphatic rings. The number of halogens is 2. The number of rotatable bonds is 5. The van der Waals surface area contributed by atoms with Crippen molar-refractivity contribution in [1.82, 2.24) is 10.2 Å². The summed E-state index contributed by atoms with van der Waals surface area (Å²) < 4.78 is 13.2. The zero-order chi connectivity index (χ0) is 18.5. The van der Waals surface area contributed by atoms with Gasteiger partial charge < -0.3 is 10.2 Å². The Bertz CT molecular complexity index is 903. The van der Waals surface area contributed by atoms with Gasteiger partial charge in [-0.15, -0.1) is 10.2 Å². The van der Waals surface area contributed by atoms with E-state index in [-0.39, 0.29) is 10.7 Å². The number of hydrogen-bond acceptors (Lipinski definition) is 4. The number of aromatic nitrogens is 2. The highest BCUT2D eigenvalue weighted by Gasteiger charge is 2.11. The Morgan fingerprint density at radius 3 is 2.54 bits per heavy atom. The summed E-state index contributed by atoms with van der Waals surface area (Å²) in [6.07, 6.45) is 0. The Balaban J connectivity index is 1.66. The first kappa shape index (κ1) is 17.8. The van der Waals surface area contributed by atoms with Gasteiger partial charge in [-0.2, -0.15) is 0 Å². The minimum Gasteiger partial charge on any atom is -0.354 e. The Morgan fingerprint density at radius 1 is 1.12 bits per heavy atom. The monoisotopic (exact) mass is 370 g/mol. The summed E-state index contributed by atoms with van der Waals surface area (Å²) in [4.78, 5) is 14.2. The van der Waals surface area contributed by atoms with Crippen molar-refractivity contribution in [1.29, 1.82) is 0 Å². The van der Waals surface area contributed by atoms with Crippen LogP contribution in [0.3, 0.4) is 0 Å². The molecule has 5 nitrogen and oxygen atoms in total. The number of carbonyl (C=O) groups excluding carboxylic acids is 1. The molecule has 1 N–H and O–H groups in total. The van der Waals surface area contributed by atoms with Crippen LogP contribution in [-0.4, -0.2) is 23.2 Å². The van der Waals surface area contributed by atoms with Crippen LogP contribution in [0.2, 0.25) is 5.02 Å². The highest BCUT2D eigenvalue weighted by Crippen LogP contribution is 2.20. The van der Waals surface area contributed by atoms with Gasteiger partial charge >= 0.3 is 0 Å². The third-order valence-corrected chi connectivity index (χ3v) is 4.00. The summed E-state index contributed by atoms with van der Waals surface area (Å²) in [5.74, 6) is -0.345. The van der Waals surface area contributed by atoms with Crippen molar-refractivity contribution < 1.29 is 9.18 Å². The molecule has 0 saturated carbocycles. The van der Waals surface area contributed by atoms with Crippen molar-refractivity contribution in [2.24, 2.45) is 0 Å². The average Bonchev–Trinajstić information content (AvgIpc) is 2.65. The highest BCUT2D eigenvalue weighted by molar-refractivity contribution is 6.31. The maximum absolute atomic E-state index is 13.2. The minimum absolute atomic E-state index is 0.0632. The molecule has 0 spiro atoms. The largest absolute Gasteiger partial charge is 0.354 e. The molecule has 2 aromatic carbocycles. The molecule has 26 heavy (non-hydrogen) atoms. The molecule has 7 heteroatoms. The van der Waals surface area contributed by atoms with Crippen LogP contribution in [0.15, 0.2) is 60.7 Å². The van der Waals surface area contributed by atoms with Crippen LogP contribution in [0.4, 0.5) is 15.9 Å². The van der Waals surface area contributed by atoms with E-state index in [2.05, 4.69) is 15.5 Å². The first-order valence-corrected chi connectivity index (χ1v) is 8.26. The molecular weight excluding hydrogens is 355 g/mol. The van der Waals surface area contributed by atoms with Gasteiger partial charge in [-0.25, -0.2) is 4.39 Å². The fraction of sp³-hybridized carbons (Fsp3) is 0.105. The molecule has 0 unspecified atom stereocenters. The van der Waals surface area contributed by atoms with Crippen molar-refractivity contribution in [2.45, 2.75) is 6.54 Å². The number of hydrogen-bond donors (Lipinski definition) is 1. The molecule has 0 aliphatic carbocycles. The van der Waals surface area contributed by atoms with Crippen LogP contribution in [0.1, 0.15) is 16.1 Å². The van der Waals surface area contributed by atoms with Gasteiger partial charge in [0.15, 0.2) is 11.5 Å². The Kier molecular flexibility index (Phi) is 5.43. The lowest BCUT2D eigenvalue weighted by atomic mass is 10.2. The van der Waals surface area contributed by atoms with Gasteiger partial charge in [0.1, 0.15) is 5.82 Å². The van der Waals surface area contributed by atoms with Gasteiger partial charge in [-0.1, -0.05) is 41.9 Å². The Morgan fingerprint density at radius 2 is 1.88 bits per heavy atom. The van der Waals surface area contributed by atoms with E-state index in [1.165, 1.54) is 18.2 Å². The lowest BCUT2D eigenvalue weighted by Gasteiger charge is -2.17. The van der Waals surface area contributed by atoms with Crippen LogP contribution in [0, 0.1) is 5.82 Å². The van der Waals surface area contributed by atoms with E-state index in [1.54, 1.807) is 12.1 Å². The molecule has 3 rings (SSSR count). The van der Waals surface area contributed by atoms with Gasteiger partial charge in [0.05, 0.1) is 5.02 Å². The zero-order valence-corrected chi connectivity index (χ0v) is 14.7. The van der Waals surface area contributed by atoms with Gasteiger partial charge in [0.2, 0.25) is 0 Å². The number of amides is 1. The molecule has 1 aromatic heterocycles. The fourth-order valence-electron chi connectivity index (χ4n) is 2.36. The van der Waals surface area contributed by atoms with Gasteiger partial charge in [-0.3, -0.25) is 4.79 Å². The molecule has 0 saturated heterocycles. The summed E-state index contributed by atoms with van der Waals surface area (Å²) >= 11 is 5.71. The molecule has 1 amide bonds. The second kappa shape index (κ2) is 7.93. The molecule has 0 atom stereocenters. The summed E-state index contributed by atoms with van der Waals surface area (Å²) in [7, 11) is 1.90. The number of carbonyl (C=O) groups is 1. The predicted molar refractivity (Wildman–Crippen MR) is 99.9 cm³/mol. The number of anilines is 2. The molecule has 0 aliphatic heterocycles. The average molecular weight is 371 g/mol. The van der Waals surface area contributed by atoms with Crippen LogP contribution >= 0.6 is 11.6 Å². The van der Waals surface area contributed by atoms with Crippen LogP contribution in [0.5, 0.6) is 0 Å². The summed E-state index contributed by atoms with van der Waals surface area (Å²) in [5.41, 5.74) is 1.68. The van der Waals surface area contributed by atoms with Crippen LogP contribution in [-0.2, 0) is 6.54 Å². The quantitative estimate of drug-likeness (QED) is 0.732. The zero-order valence-electron chi connectivity index (χ0n) is 14.0. The smallest absolute Gasteiger partial charge is 0.276 e. The predicted octanol–water partition coefficient (Wildman–Crippen LogP) is 4.16. The molecule has 132 valence electrons. The van der Waals surface area contributed by atoms with E-state index in [0.29, 0.717) is 18.1 Å². The van der Waals surface area contributed by atoms with Crippen molar-refractivity contribution in [3.63, 3.8) is 0 Å². The minimum atomic E-state index is -0.546.